The maximum Gasteiger partial charge on any atom is 0.00305 e. The molecule has 1 aromatic carbocycles. The Morgan fingerprint density at radius 1 is 1.29 bits per heavy atom. The van der Waals surface area contributed by atoms with Crippen LogP contribution in [0.25, 0.3) is 6.08 Å². The maximum atomic E-state index is 6.94. The average Bonchev–Trinajstić information content (AvgIpc) is 2.20. The molecule has 0 bridgehead atoms. The minimum absolute atomic E-state index is 0.735. The fourth-order valence-corrected chi connectivity index (χ4v) is 1.12. The highest BCUT2D eigenvalue weighted by molar-refractivity contribution is 5.58. The molecule has 0 aliphatic rings. The summed E-state index contributed by atoms with van der Waals surface area (Å²) in [6, 6.07) is 10.2. The van der Waals surface area contributed by atoms with Crippen molar-refractivity contribution in [2.45, 2.75) is 13.3 Å². The van der Waals surface area contributed by atoms with E-state index in [-0.39, 0.29) is 0 Å². The van der Waals surface area contributed by atoms with Crippen LogP contribution in [0.15, 0.2) is 48.1 Å². The van der Waals surface area contributed by atoms with E-state index in [0.717, 1.165) is 6.42 Å². The summed E-state index contributed by atoms with van der Waals surface area (Å²) in [7, 11) is 0. The minimum atomic E-state index is 0.735. The second-order valence-corrected chi connectivity index (χ2v) is 3.19. The van der Waals surface area contributed by atoms with E-state index < -0.39 is 0 Å². The fourth-order valence-electron chi connectivity index (χ4n) is 1.12. The third-order valence-electron chi connectivity index (χ3n) is 1.89. The number of nitrogens with one attached hydrogen (secondary N) is 1. The van der Waals surface area contributed by atoms with Gasteiger partial charge in [0.15, 0.2) is 0 Å². The normalized spacial score (nSPS) is 11.9. The Bertz CT molecular complexity index is 334. The Labute approximate surface area is 85.3 Å². The number of rotatable bonds is 4. The summed E-state index contributed by atoms with van der Waals surface area (Å²) >= 11 is 0. The summed E-state index contributed by atoms with van der Waals surface area (Å²) in [5, 5.41) is 6.94. The van der Waals surface area contributed by atoms with Gasteiger partial charge >= 0.3 is 0 Å². The number of hydrogen-bond donors (Lipinski definition) is 1. The smallest absolute Gasteiger partial charge is 0.00305 e. The third-order valence-corrected chi connectivity index (χ3v) is 1.89. The van der Waals surface area contributed by atoms with Crippen molar-refractivity contribution in [2.75, 3.05) is 0 Å². The van der Waals surface area contributed by atoms with E-state index in [4.69, 9.17) is 5.41 Å². The summed E-state index contributed by atoms with van der Waals surface area (Å²) in [6.45, 7) is 2.03. The molecule has 0 atom stereocenters. The highest BCUT2D eigenvalue weighted by atomic mass is 14.3. The summed E-state index contributed by atoms with van der Waals surface area (Å²) in [5.41, 5.74) is 2.40. The van der Waals surface area contributed by atoms with Crippen LogP contribution in [0.4, 0.5) is 0 Å². The lowest BCUT2D eigenvalue weighted by molar-refractivity contribution is 1.27. The van der Waals surface area contributed by atoms with Gasteiger partial charge in [0.2, 0.25) is 0 Å². The zero-order chi connectivity index (χ0) is 10.2. The molecule has 0 radical (unpaired) electrons. The van der Waals surface area contributed by atoms with Crippen molar-refractivity contribution in [3.8, 4) is 0 Å². The second-order valence-electron chi connectivity index (χ2n) is 3.19. The number of benzene rings is 1. The first-order valence-corrected chi connectivity index (χ1v) is 4.71. The predicted octanol–water partition coefficient (Wildman–Crippen LogP) is 3.69. The molecule has 0 saturated carbocycles. The van der Waals surface area contributed by atoms with E-state index in [1.165, 1.54) is 17.4 Å². The van der Waals surface area contributed by atoms with Crippen molar-refractivity contribution < 1.29 is 0 Å². The Balaban J connectivity index is 2.57. The topological polar surface area (TPSA) is 23.9 Å². The lowest BCUT2D eigenvalue weighted by Gasteiger charge is -1.91. The molecule has 72 valence electrons. The Morgan fingerprint density at radius 2 is 2.00 bits per heavy atom. The Kier molecular flexibility index (Phi) is 4.42. The Morgan fingerprint density at radius 3 is 2.64 bits per heavy atom. The van der Waals surface area contributed by atoms with E-state index in [9.17, 15) is 0 Å². The van der Waals surface area contributed by atoms with Gasteiger partial charge in [-0.2, -0.15) is 0 Å². The van der Waals surface area contributed by atoms with Crippen LogP contribution >= 0.6 is 0 Å². The van der Waals surface area contributed by atoms with Gasteiger partial charge in [0.05, 0.1) is 0 Å². The van der Waals surface area contributed by atoms with Crippen LogP contribution in [0, 0.1) is 5.41 Å². The van der Waals surface area contributed by atoms with Crippen molar-refractivity contribution in [3.05, 3.63) is 53.6 Å². The fraction of sp³-hybridized carbons (Fsp3) is 0.154. The molecule has 1 heteroatoms. The first-order chi connectivity index (χ1) is 6.83. The molecule has 1 nitrogen and oxygen atoms in total. The molecular formula is C13H15N. The standard InChI is InChI=1S/C13H15N/c1-12(10-11-14)6-5-9-13-7-3-2-4-8-13/h2-9,11,14H,10H2,1H3/b9-5+,12-6-,14-11?. The monoisotopic (exact) mass is 185 g/mol. The highest BCUT2D eigenvalue weighted by Crippen LogP contribution is 2.03. The van der Waals surface area contributed by atoms with Crippen molar-refractivity contribution in [1.82, 2.24) is 0 Å². The molecule has 0 heterocycles. The number of allylic oxidation sites excluding steroid dienone is 3. The highest BCUT2D eigenvalue weighted by Gasteiger charge is 1.83. The summed E-state index contributed by atoms with van der Waals surface area (Å²) in [6.07, 6.45) is 8.28. The second kappa shape index (κ2) is 5.92. The molecule has 0 spiro atoms. The van der Waals surface area contributed by atoms with Crippen molar-refractivity contribution in [2.24, 2.45) is 0 Å². The van der Waals surface area contributed by atoms with Gasteiger partial charge in [-0.3, -0.25) is 0 Å². The zero-order valence-electron chi connectivity index (χ0n) is 8.40. The average molecular weight is 185 g/mol. The summed E-state index contributed by atoms with van der Waals surface area (Å²) in [4.78, 5) is 0. The first-order valence-electron chi connectivity index (χ1n) is 4.71. The van der Waals surface area contributed by atoms with Crippen LogP contribution < -0.4 is 0 Å². The van der Waals surface area contributed by atoms with Crippen LogP contribution in [0.5, 0.6) is 0 Å². The van der Waals surface area contributed by atoms with Gasteiger partial charge < -0.3 is 5.41 Å². The minimum Gasteiger partial charge on any atom is -0.313 e. The molecule has 1 N–H and O–H groups in total. The van der Waals surface area contributed by atoms with Crippen LogP contribution in [-0.4, -0.2) is 6.21 Å². The van der Waals surface area contributed by atoms with Gasteiger partial charge in [0, 0.05) is 6.42 Å². The molecular weight excluding hydrogens is 170 g/mol. The summed E-state index contributed by atoms with van der Waals surface area (Å²) < 4.78 is 0. The van der Waals surface area contributed by atoms with Crippen LogP contribution in [0.2, 0.25) is 0 Å². The van der Waals surface area contributed by atoms with E-state index in [2.05, 4.69) is 18.2 Å². The van der Waals surface area contributed by atoms with Crippen molar-refractivity contribution in [1.29, 1.82) is 5.41 Å². The van der Waals surface area contributed by atoms with E-state index >= 15 is 0 Å². The van der Waals surface area contributed by atoms with Gasteiger partial charge in [-0.1, -0.05) is 54.1 Å². The summed E-state index contributed by atoms with van der Waals surface area (Å²) in [5.74, 6) is 0. The SMILES string of the molecule is C/C(=C/C=C/c1ccccc1)CC=N. The molecule has 1 aromatic rings. The Hall–Kier alpha value is -1.63. The van der Waals surface area contributed by atoms with Crippen LogP contribution in [0.3, 0.4) is 0 Å². The molecule has 14 heavy (non-hydrogen) atoms. The van der Waals surface area contributed by atoms with Gasteiger partial charge in [-0.25, -0.2) is 0 Å². The molecule has 0 unspecified atom stereocenters. The van der Waals surface area contributed by atoms with E-state index in [1.807, 2.05) is 37.3 Å². The lowest BCUT2D eigenvalue weighted by atomic mass is 10.2. The first kappa shape index (κ1) is 10.5. The molecule has 1 rings (SSSR count). The van der Waals surface area contributed by atoms with Crippen LogP contribution in [-0.2, 0) is 0 Å². The van der Waals surface area contributed by atoms with Gasteiger partial charge in [-0.15, -0.1) is 0 Å². The van der Waals surface area contributed by atoms with Crippen molar-refractivity contribution in [3.63, 3.8) is 0 Å². The molecule has 0 aliphatic heterocycles. The van der Waals surface area contributed by atoms with E-state index in [0.29, 0.717) is 0 Å². The number of hydrogen-bond acceptors (Lipinski definition) is 1. The quantitative estimate of drug-likeness (QED) is 0.546. The van der Waals surface area contributed by atoms with Gasteiger partial charge in [0.25, 0.3) is 0 Å². The maximum absolute atomic E-state index is 6.94. The molecule has 0 saturated heterocycles. The lowest BCUT2D eigenvalue weighted by Crippen LogP contribution is -1.75. The third kappa shape index (κ3) is 3.85. The largest absolute Gasteiger partial charge is 0.313 e. The zero-order valence-corrected chi connectivity index (χ0v) is 8.40. The van der Waals surface area contributed by atoms with Gasteiger partial charge in [0.1, 0.15) is 0 Å². The molecule has 0 fully saturated rings. The predicted molar refractivity (Wildman–Crippen MR) is 62.6 cm³/mol. The van der Waals surface area contributed by atoms with E-state index in [1.54, 1.807) is 0 Å². The molecule has 0 amide bonds. The van der Waals surface area contributed by atoms with Crippen molar-refractivity contribution >= 4 is 12.3 Å². The molecule has 0 aromatic heterocycles. The van der Waals surface area contributed by atoms with Crippen LogP contribution in [0.1, 0.15) is 18.9 Å². The van der Waals surface area contributed by atoms with Gasteiger partial charge in [-0.05, 0) is 18.7 Å². The molecule has 0 aliphatic carbocycles.